The summed E-state index contributed by atoms with van der Waals surface area (Å²) in [4.78, 5) is 16.1. The maximum absolute atomic E-state index is 11.9. The Labute approximate surface area is 126 Å². The van der Waals surface area contributed by atoms with Crippen LogP contribution in [0.5, 0.6) is 0 Å². The minimum absolute atomic E-state index is 0.0440. The van der Waals surface area contributed by atoms with Crippen LogP contribution in [0, 0.1) is 12.3 Å². The third-order valence-corrected chi connectivity index (χ3v) is 2.46. The fourth-order valence-electron chi connectivity index (χ4n) is 1.63. The van der Waals surface area contributed by atoms with Crippen molar-refractivity contribution in [2.75, 3.05) is 18.4 Å². The summed E-state index contributed by atoms with van der Waals surface area (Å²) in [5.41, 5.74) is 1.40. The molecule has 1 aromatic carbocycles. The highest BCUT2D eigenvalue weighted by molar-refractivity contribution is 5.94. The van der Waals surface area contributed by atoms with E-state index in [0.29, 0.717) is 11.6 Å². The summed E-state index contributed by atoms with van der Waals surface area (Å²) in [5.74, 6) is 2.97. The van der Waals surface area contributed by atoms with Gasteiger partial charge in [-0.2, -0.15) is 0 Å². The molecule has 1 amide bonds. The van der Waals surface area contributed by atoms with Crippen LogP contribution < -0.4 is 16.0 Å². The molecule has 5 nitrogen and oxygen atoms in total. The lowest BCUT2D eigenvalue weighted by atomic mass is 10.2. The smallest absolute Gasteiger partial charge is 0.246 e. The number of hydrogen-bond acceptors (Lipinski definition) is 2. The molecule has 0 heterocycles. The zero-order valence-electron chi connectivity index (χ0n) is 12.7. The number of hydrogen-bond donors (Lipinski definition) is 3. The molecular weight excluding hydrogens is 264 g/mol. The van der Waals surface area contributed by atoms with E-state index in [-0.39, 0.29) is 18.5 Å². The van der Waals surface area contributed by atoms with Gasteiger partial charge in [-0.05, 0) is 39.0 Å². The van der Waals surface area contributed by atoms with E-state index in [0.717, 1.165) is 12.1 Å². The molecule has 0 aliphatic heterocycles. The van der Waals surface area contributed by atoms with Gasteiger partial charge in [-0.3, -0.25) is 4.79 Å². The Kier molecular flexibility index (Phi) is 6.82. The van der Waals surface area contributed by atoms with Crippen molar-refractivity contribution in [3.8, 4) is 12.3 Å². The van der Waals surface area contributed by atoms with Crippen LogP contribution in [0.1, 0.15) is 26.3 Å². The standard InChI is InChI=1S/C16H22N4O/c1-5-13-8-7-9-14(10-13)20-15(21)11-18-16(17-6-2)19-12(3)4/h1,7-10,12H,6,11H2,2-4H3,(H,20,21)(H2,17,18,19). The minimum atomic E-state index is -0.190. The molecule has 0 aromatic heterocycles. The summed E-state index contributed by atoms with van der Waals surface area (Å²) < 4.78 is 0. The second-order valence-corrected chi connectivity index (χ2v) is 4.77. The van der Waals surface area contributed by atoms with Crippen molar-refractivity contribution in [1.82, 2.24) is 10.6 Å². The third-order valence-electron chi connectivity index (χ3n) is 2.46. The first kappa shape index (κ1) is 16.6. The van der Waals surface area contributed by atoms with Gasteiger partial charge in [0.15, 0.2) is 5.96 Å². The average molecular weight is 286 g/mol. The number of nitrogens with zero attached hydrogens (tertiary/aromatic N) is 1. The maximum Gasteiger partial charge on any atom is 0.246 e. The van der Waals surface area contributed by atoms with Gasteiger partial charge in [-0.15, -0.1) is 6.42 Å². The highest BCUT2D eigenvalue weighted by Gasteiger charge is 2.04. The summed E-state index contributed by atoms with van der Waals surface area (Å²) in [6.07, 6.45) is 5.33. The van der Waals surface area contributed by atoms with Crippen LogP contribution in [0.25, 0.3) is 0 Å². The zero-order valence-corrected chi connectivity index (χ0v) is 12.7. The van der Waals surface area contributed by atoms with Gasteiger partial charge in [0.2, 0.25) is 5.91 Å². The summed E-state index contributed by atoms with van der Waals surface area (Å²) in [5, 5.41) is 9.00. The molecule has 1 rings (SSSR count). The van der Waals surface area contributed by atoms with Crippen molar-refractivity contribution in [2.24, 2.45) is 4.99 Å². The van der Waals surface area contributed by atoms with E-state index in [9.17, 15) is 4.79 Å². The Morgan fingerprint density at radius 2 is 2.19 bits per heavy atom. The number of guanidine groups is 1. The molecular formula is C16H22N4O. The van der Waals surface area contributed by atoms with Crippen LogP contribution in [0.4, 0.5) is 5.69 Å². The molecule has 0 aliphatic rings. The number of carbonyl (C=O) groups is 1. The van der Waals surface area contributed by atoms with Gasteiger partial charge in [0.1, 0.15) is 6.54 Å². The van der Waals surface area contributed by atoms with E-state index in [1.807, 2.05) is 26.8 Å². The molecule has 0 spiro atoms. The van der Waals surface area contributed by atoms with E-state index >= 15 is 0 Å². The van der Waals surface area contributed by atoms with Crippen molar-refractivity contribution in [3.05, 3.63) is 29.8 Å². The fraction of sp³-hybridized carbons (Fsp3) is 0.375. The number of anilines is 1. The lowest BCUT2D eigenvalue weighted by Crippen LogP contribution is -2.41. The first-order chi connectivity index (χ1) is 10.0. The molecule has 0 atom stereocenters. The normalized spacial score (nSPS) is 10.9. The van der Waals surface area contributed by atoms with Gasteiger partial charge in [-0.1, -0.05) is 12.0 Å². The van der Waals surface area contributed by atoms with Crippen molar-refractivity contribution in [1.29, 1.82) is 0 Å². The quantitative estimate of drug-likeness (QED) is 0.437. The predicted octanol–water partition coefficient (Wildman–Crippen LogP) is 1.57. The Balaban J connectivity index is 2.61. The largest absolute Gasteiger partial charge is 0.357 e. The first-order valence-electron chi connectivity index (χ1n) is 6.96. The number of terminal acetylenes is 1. The first-order valence-corrected chi connectivity index (χ1v) is 6.96. The number of aliphatic imine (C=N–C) groups is 1. The topological polar surface area (TPSA) is 65.5 Å². The molecule has 0 unspecified atom stereocenters. The van der Waals surface area contributed by atoms with Crippen LogP contribution >= 0.6 is 0 Å². The fourth-order valence-corrected chi connectivity index (χ4v) is 1.63. The SMILES string of the molecule is C#Cc1cccc(NC(=O)CN=C(NCC)NC(C)C)c1. The van der Waals surface area contributed by atoms with Gasteiger partial charge in [-0.25, -0.2) is 4.99 Å². The van der Waals surface area contributed by atoms with Crippen molar-refractivity contribution in [3.63, 3.8) is 0 Å². The van der Waals surface area contributed by atoms with Gasteiger partial charge < -0.3 is 16.0 Å². The number of carbonyl (C=O) groups excluding carboxylic acids is 1. The van der Waals surface area contributed by atoms with Crippen LogP contribution in [0.3, 0.4) is 0 Å². The third kappa shape index (κ3) is 6.48. The van der Waals surface area contributed by atoms with E-state index in [4.69, 9.17) is 6.42 Å². The van der Waals surface area contributed by atoms with Gasteiger partial charge in [0.25, 0.3) is 0 Å². The zero-order chi connectivity index (χ0) is 15.7. The molecule has 1 aromatic rings. The number of benzene rings is 1. The summed E-state index contributed by atoms with van der Waals surface area (Å²) in [6, 6.07) is 7.40. The number of nitrogens with one attached hydrogen (secondary N) is 3. The lowest BCUT2D eigenvalue weighted by Gasteiger charge is -2.13. The van der Waals surface area contributed by atoms with E-state index in [1.165, 1.54) is 0 Å². The molecule has 0 bridgehead atoms. The molecule has 0 radical (unpaired) electrons. The molecule has 0 saturated carbocycles. The second kappa shape index (κ2) is 8.64. The number of rotatable bonds is 5. The monoisotopic (exact) mass is 286 g/mol. The molecule has 21 heavy (non-hydrogen) atoms. The highest BCUT2D eigenvalue weighted by atomic mass is 16.1. The molecule has 3 N–H and O–H groups in total. The lowest BCUT2D eigenvalue weighted by molar-refractivity contribution is -0.114. The minimum Gasteiger partial charge on any atom is -0.357 e. The molecule has 112 valence electrons. The Morgan fingerprint density at radius 1 is 1.43 bits per heavy atom. The predicted molar refractivity (Wildman–Crippen MR) is 87.3 cm³/mol. The maximum atomic E-state index is 11.9. The van der Waals surface area contributed by atoms with Gasteiger partial charge >= 0.3 is 0 Å². The van der Waals surface area contributed by atoms with Crippen LogP contribution in [-0.2, 0) is 4.79 Å². The average Bonchev–Trinajstić information content (AvgIpc) is 2.44. The molecule has 0 fully saturated rings. The molecule has 0 aliphatic carbocycles. The van der Waals surface area contributed by atoms with Crippen LogP contribution in [0.15, 0.2) is 29.3 Å². The molecule has 0 saturated heterocycles. The van der Waals surface area contributed by atoms with Crippen LogP contribution in [-0.4, -0.2) is 31.0 Å². The summed E-state index contributed by atoms with van der Waals surface area (Å²) in [6.45, 7) is 6.78. The highest BCUT2D eigenvalue weighted by Crippen LogP contribution is 2.09. The number of amides is 1. The van der Waals surface area contributed by atoms with Crippen molar-refractivity contribution in [2.45, 2.75) is 26.8 Å². The van der Waals surface area contributed by atoms with Crippen molar-refractivity contribution < 1.29 is 4.79 Å². The Morgan fingerprint density at radius 3 is 2.81 bits per heavy atom. The van der Waals surface area contributed by atoms with E-state index in [1.54, 1.807) is 18.2 Å². The molecule has 5 heteroatoms. The van der Waals surface area contributed by atoms with E-state index < -0.39 is 0 Å². The van der Waals surface area contributed by atoms with Gasteiger partial charge in [0.05, 0.1) is 0 Å². The Bertz CT molecular complexity index is 543. The summed E-state index contributed by atoms with van der Waals surface area (Å²) >= 11 is 0. The van der Waals surface area contributed by atoms with Crippen molar-refractivity contribution >= 4 is 17.6 Å². The van der Waals surface area contributed by atoms with Gasteiger partial charge in [0, 0.05) is 23.8 Å². The Hall–Kier alpha value is -2.48. The van der Waals surface area contributed by atoms with Crippen LogP contribution in [0.2, 0.25) is 0 Å². The van der Waals surface area contributed by atoms with E-state index in [2.05, 4.69) is 26.9 Å². The second-order valence-electron chi connectivity index (χ2n) is 4.77. The summed E-state index contributed by atoms with van der Waals surface area (Å²) in [7, 11) is 0.